The van der Waals surface area contributed by atoms with Crippen LogP contribution in [0.5, 0.6) is 0 Å². The van der Waals surface area contributed by atoms with Crippen molar-refractivity contribution in [2.45, 2.75) is 34.2 Å². The molecule has 1 aromatic rings. The minimum atomic E-state index is 0.266. The van der Waals surface area contributed by atoms with Gasteiger partial charge >= 0.3 is 0 Å². The maximum absolute atomic E-state index is 5.14. The molecular formula is C13H25N3O. The third-order valence-electron chi connectivity index (χ3n) is 2.83. The van der Waals surface area contributed by atoms with Crippen molar-refractivity contribution in [2.75, 3.05) is 27.2 Å². The summed E-state index contributed by atoms with van der Waals surface area (Å²) in [5.41, 5.74) is 2.44. The molecule has 0 unspecified atom stereocenters. The van der Waals surface area contributed by atoms with Gasteiger partial charge in [-0.3, -0.25) is 0 Å². The van der Waals surface area contributed by atoms with E-state index in [-0.39, 0.29) is 5.41 Å². The lowest BCUT2D eigenvalue weighted by Gasteiger charge is -2.28. The number of hydrogen-bond acceptors (Lipinski definition) is 4. The van der Waals surface area contributed by atoms with E-state index >= 15 is 0 Å². The zero-order valence-electron chi connectivity index (χ0n) is 11.9. The molecule has 0 amide bonds. The maximum atomic E-state index is 5.14. The van der Waals surface area contributed by atoms with Crippen molar-refractivity contribution in [2.24, 2.45) is 5.41 Å². The first kappa shape index (κ1) is 14.2. The van der Waals surface area contributed by atoms with Crippen LogP contribution in [0.25, 0.3) is 0 Å². The van der Waals surface area contributed by atoms with Crippen molar-refractivity contribution in [3.05, 3.63) is 17.0 Å². The molecule has 4 nitrogen and oxygen atoms in total. The van der Waals surface area contributed by atoms with Crippen LogP contribution in [0.15, 0.2) is 4.52 Å². The second kappa shape index (κ2) is 5.65. The number of nitrogens with one attached hydrogen (secondary N) is 1. The highest BCUT2D eigenvalue weighted by Gasteiger charge is 2.18. The quantitative estimate of drug-likeness (QED) is 0.824. The molecule has 4 heteroatoms. The van der Waals surface area contributed by atoms with Crippen LogP contribution in [-0.4, -0.2) is 37.2 Å². The lowest BCUT2D eigenvalue weighted by atomic mass is 9.93. The van der Waals surface area contributed by atoms with Crippen LogP contribution < -0.4 is 5.32 Å². The SMILES string of the molecule is Cc1noc(C)c1CNCC(C)(C)CN(C)C. The fourth-order valence-electron chi connectivity index (χ4n) is 2.19. The Hall–Kier alpha value is -0.870. The first-order valence-electron chi connectivity index (χ1n) is 6.09. The number of aromatic nitrogens is 1. The molecule has 1 aromatic heterocycles. The third kappa shape index (κ3) is 4.48. The summed E-state index contributed by atoms with van der Waals surface area (Å²) in [6.07, 6.45) is 0. The smallest absolute Gasteiger partial charge is 0.138 e. The topological polar surface area (TPSA) is 41.3 Å². The zero-order chi connectivity index (χ0) is 13.1. The molecular weight excluding hydrogens is 214 g/mol. The van der Waals surface area contributed by atoms with Crippen LogP contribution in [0, 0.1) is 19.3 Å². The van der Waals surface area contributed by atoms with Gasteiger partial charge in [0.15, 0.2) is 0 Å². The van der Waals surface area contributed by atoms with Crippen molar-refractivity contribution >= 4 is 0 Å². The highest BCUT2D eigenvalue weighted by molar-refractivity contribution is 5.20. The largest absolute Gasteiger partial charge is 0.361 e. The lowest BCUT2D eigenvalue weighted by Crippen LogP contribution is -2.37. The van der Waals surface area contributed by atoms with E-state index in [4.69, 9.17) is 4.52 Å². The molecule has 0 aromatic carbocycles. The monoisotopic (exact) mass is 239 g/mol. The van der Waals surface area contributed by atoms with E-state index in [0.717, 1.165) is 31.1 Å². The van der Waals surface area contributed by atoms with E-state index in [2.05, 4.69) is 43.3 Å². The second-order valence-corrected chi connectivity index (χ2v) is 5.81. The van der Waals surface area contributed by atoms with Crippen LogP contribution in [0.2, 0.25) is 0 Å². The van der Waals surface area contributed by atoms with Gasteiger partial charge in [0, 0.05) is 25.2 Å². The minimum Gasteiger partial charge on any atom is -0.361 e. The Morgan fingerprint density at radius 2 is 1.94 bits per heavy atom. The maximum Gasteiger partial charge on any atom is 0.138 e. The van der Waals surface area contributed by atoms with E-state index in [1.807, 2.05) is 13.8 Å². The average molecular weight is 239 g/mol. The number of rotatable bonds is 6. The predicted octanol–water partition coefficient (Wildman–Crippen LogP) is 1.97. The molecule has 0 fully saturated rings. The Morgan fingerprint density at radius 3 is 2.41 bits per heavy atom. The Kier molecular flexibility index (Phi) is 4.71. The van der Waals surface area contributed by atoms with Crippen LogP contribution >= 0.6 is 0 Å². The van der Waals surface area contributed by atoms with Gasteiger partial charge in [0.05, 0.1) is 5.69 Å². The molecule has 0 saturated carbocycles. The van der Waals surface area contributed by atoms with Crippen LogP contribution in [0.3, 0.4) is 0 Å². The fraction of sp³-hybridized carbons (Fsp3) is 0.769. The number of nitrogens with zero attached hydrogens (tertiary/aromatic N) is 2. The minimum absolute atomic E-state index is 0.266. The summed E-state index contributed by atoms with van der Waals surface area (Å²) < 4.78 is 5.14. The molecule has 0 aliphatic heterocycles. The zero-order valence-corrected chi connectivity index (χ0v) is 11.9. The standard InChI is InChI=1S/C13H25N3O/c1-10-12(11(2)17-15-10)7-14-8-13(3,4)9-16(5)6/h14H,7-9H2,1-6H3. The molecule has 0 spiro atoms. The van der Waals surface area contributed by atoms with Gasteiger partial charge < -0.3 is 14.7 Å². The van der Waals surface area contributed by atoms with Crippen LogP contribution in [0.4, 0.5) is 0 Å². The molecule has 1 N–H and O–H groups in total. The van der Waals surface area contributed by atoms with E-state index < -0.39 is 0 Å². The van der Waals surface area contributed by atoms with Crippen molar-refractivity contribution in [3.8, 4) is 0 Å². The summed E-state index contributed by atoms with van der Waals surface area (Å²) in [4.78, 5) is 2.22. The average Bonchev–Trinajstić information content (AvgIpc) is 2.46. The van der Waals surface area contributed by atoms with Gasteiger partial charge in [-0.15, -0.1) is 0 Å². The Balaban J connectivity index is 2.42. The first-order valence-corrected chi connectivity index (χ1v) is 6.09. The van der Waals surface area contributed by atoms with E-state index in [1.54, 1.807) is 0 Å². The molecule has 0 saturated heterocycles. The molecule has 0 radical (unpaired) electrons. The third-order valence-corrected chi connectivity index (χ3v) is 2.83. The van der Waals surface area contributed by atoms with Gasteiger partial charge in [0.2, 0.25) is 0 Å². The molecule has 0 atom stereocenters. The molecule has 1 heterocycles. The van der Waals surface area contributed by atoms with E-state index in [9.17, 15) is 0 Å². The molecule has 0 aliphatic carbocycles. The molecule has 0 aliphatic rings. The highest BCUT2D eigenvalue weighted by Crippen LogP contribution is 2.16. The van der Waals surface area contributed by atoms with Gasteiger partial charge in [-0.2, -0.15) is 0 Å². The summed E-state index contributed by atoms with van der Waals surface area (Å²) in [6.45, 7) is 11.4. The predicted molar refractivity (Wildman–Crippen MR) is 70.0 cm³/mol. The summed E-state index contributed by atoms with van der Waals surface area (Å²) in [5, 5.41) is 7.44. The first-order chi connectivity index (χ1) is 7.82. The van der Waals surface area contributed by atoms with Crippen LogP contribution in [-0.2, 0) is 6.54 Å². The van der Waals surface area contributed by atoms with E-state index in [1.165, 1.54) is 5.56 Å². The normalized spacial score (nSPS) is 12.4. The van der Waals surface area contributed by atoms with Gasteiger partial charge in [-0.25, -0.2) is 0 Å². The number of hydrogen-bond donors (Lipinski definition) is 1. The van der Waals surface area contributed by atoms with Crippen molar-refractivity contribution in [1.29, 1.82) is 0 Å². The second-order valence-electron chi connectivity index (χ2n) is 5.81. The Labute approximate surface area is 104 Å². The summed E-state index contributed by atoms with van der Waals surface area (Å²) in [5.74, 6) is 0.917. The Morgan fingerprint density at radius 1 is 1.29 bits per heavy atom. The van der Waals surface area contributed by atoms with E-state index in [0.29, 0.717) is 0 Å². The molecule has 1 rings (SSSR count). The van der Waals surface area contributed by atoms with Crippen molar-refractivity contribution in [3.63, 3.8) is 0 Å². The lowest BCUT2D eigenvalue weighted by molar-refractivity contribution is 0.232. The van der Waals surface area contributed by atoms with Crippen LogP contribution in [0.1, 0.15) is 30.9 Å². The highest BCUT2D eigenvalue weighted by atomic mass is 16.5. The summed E-state index contributed by atoms with van der Waals surface area (Å²) in [7, 11) is 4.21. The van der Waals surface area contributed by atoms with Crippen molar-refractivity contribution < 1.29 is 4.52 Å². The fourth-order valence-corrected chi connectivity index (χ4v) is 2.19. The van der Waals surface area contributed by atoms with Crippen molar-refractivity contribution in [1.82, 2.24) is 15.4 Å². The van der Waals surface area contributed by atoms with Gasteiger partial charge in [-0.1, -0.05) is 19.0 Å². The Bertz CT molecular complexity index is 336. The number of aryl methyl sites for hydroxylation is 2. The van der Waals surface area contributed by atoms with Gasteiger partial charge in [-0.05, 0) is 33.4 Å². The molecule has 98 valence electrons. The summed E-state index contributed by atoms with van der Waals surface area (Å²) in [6, 6.07) is 0. The van der Waals surface area contributed by atoms with Gasteiger partial charge in [0.25, 0.3) is 0 Å². The molecule has 17 heavy (non-hydrogen) atoms. The molecule has 0 bridgehead atoms. The van der Waals surface area contributed by atoms with Gasteiger partial charge in [0.1, 0.15) is 5.76 Å². The summed E-state index contributed by atoms with van der Waals surface area (Å²) >= 11 is 0.